The van der Waals surface area contributed by atoms with Crippen LogP contribution in [0.3, 0.4) is 0 Å². The Morgan fingerprint density at radius 2 is 1.61 bits per heavy atom. The Hall–Kier alpha value is -0.870. The fraction of sp³-hybridized carbons (Fsp3) is 0.571. The molecule has 0 fully saturated rings. The number of unbranched alkanes of at least 4 members (excludes halogenated alkanes) is 4. The molecular weight excluding hydrogens is 248 g/mol. The highest BCUT2D eigenvalue weighted by molar-refractivity contribution is 7.86. The molecule has 0 aromatic heterocycles. The quantitative estimate of drug-likeness (QED) is 0.534. The van der Waals surface area contributed by atoms with Crippen LogP contribution in [0.25, 0.3) is 0 Å². The predicted molar refractivity (Wildman–Crippen MR) is 73.1 cm³/mol. The van der Waals surface area contributed by atoms with E-state index in [4.69, 9.17) is 4.18 Å². The van der Waals surface area contributed by atoms with Gasteiger partial charge in [0.25, 0.3) is 10.1 Å². The van der Waals surface area contributed by atoms with E-state index >= 15 is 0 Å². The molecule has 0 aliphatic rings. The molecule has 0 bridgehead atoms. The van der Waals surface area contributed by atoms with Crippen LogP contribution >= 0.6 is 0 Å². The second-order valence-corrected chi connectivity index (χ2v) is 6.12. The van der Waals surface area contributed by atoms with Crippen LogP contribution in [0.15, 0.2) is 29.2 Å². The molecule has 0 heterocycles. The van der Waals surface area contributed by atoms with Crippen molar-refractivity contribution >= 4 is 10.1 Å². The van der Waals surface area contributed by atoms with Crippen LogP contribution in [0.5, 0.6) is 0 Å². The van der Waals surface area contributed by atoms with Crippen molar-refractivity contribution in [1.29, 1.82) is 0 Å². The molecule has 0 unspecified atom stereocenters. The van der Waals surface area contributed by atoms with Crippen molar-refractivity contribution < 1.29 is 12.6 Å². The summed E-state index contributed by atoms with van der Waals surface area (Å²) in [5.74, 6) is 0. The largest absolute Gasteiger partial charge is 0.296 e. The molecule has 1 rings (SSSR count). The first-order valence-corrected chi connectivity index (χ1v) is 7.93. The topological polar surface area (TPSA) is 43.4 Å². The maximum atomic E-state index is 11.8. The average molecular weight is 270 g/mol. The third kappa shape index (κ3) is 5.19. The minimum Gasteiger partial charge on any atom is -0.266 e. The molecular formula is C14H22O3S. The zero-order valence-corrected chi connectivity index (χ0v) is 12.0. The molecule has 0 spiro atoms. The first kappa shape index (κ1) is 15.2. The molecule has 1 aromatic rings. The van der Waals surface area contributed by atoms with E-state index in [0.29, 0.717) is 0 Å². The number of rotatable bonds is 8. The summed E-state index contributed by atoms with van der Waals surface area (Å²) < 4.78 is 28.6. The molecule has 3 nitrogen and oxygen atoms in total. The van der Waals surface area contributed by atoms with Crippen molar-refractivity contribution in [1.82, 2.24) is 0 Å². The molecule has 1 aromatic carbocycles. The highest BCUT2D eigenvalue weighted by Crippen LogP contribution is 2.14. The summed E-state index contributed by atoms with van der Waals surface area (Å²) in [7, 11) is -3.57. The van der Waals surface area contributed by atoms with Gasteiger partial charge in [0.05, 0.1) is 11.5 Å². The molecule has 0 saturated carbocycles. The van der Waals surface area contributed by atoms with Gasteiger partial charge in [-0.15, -0.1) is 0 Å². The van der Waals surface area contributed by atoms with Crippen molar-refractivity contribution in [3.63, 3.8) is 0 Å². The molecule has 0 aliphatic heterocycles. The Kier molecular flexibility index (Phi) is 6.36. The fourth-order valence-electron chi connectivity index (χ4n) is 1.65. The average Bonchev–Trinajstić information content (AvgIpc) is 2.34. The van der Waals surface area contributed by atoms with Crippen LogP contribution in [0.4, 0.5) is 0 Å². The van der Waals surface area contributed by atoms with Crippen LogP contribution < -0.4 is 0 Å². The third-order valence-corrected chi connectivity index (χ3v) is 4.12. The molecule has 0 saturated heterocycles. The Bertz CT molecular complexity index is 435. The highest BCUT2D eigenvalue weighted by Gasteiger charge is 2.13. The van der Waals surface area contributed by atoms with Crippen LogP contribution in [0, 0.1) is 6.92 Å². The lowest BCUT2D eigenvalue weighted by Crippen LogP contribution is -2.07. The monoisotopic (exact) mass is 270 g/mol. The number of benzene rings is 1. The summed E-state index contributed by atoms with van der Waals surface area (Å²) >= 11 is 0. The minimum atomic E-state index is -3.57. The van der Waals surface area contributed by atoms with Crippen molar-refractivity contribution in [3.05, 3.63) is 29.8 Å². The van der Waals surface area contributed by atoms with E-state index in [9.17, 15) is 8.42 Å². The molecule has 0 aliphatic carbocycles. The van der Waals surface area contributed by atoms with Crippen LogP contribution in [-0.2, 0) is 14.3 Å². The van der Waals surface area contributed by atoms with Crippen molar-refractivity contribution in [2.45, 2.75) is 50.8 Å². The second kappa shape index (κ2) is 7.54. The zero-order valence-electron chi connectivity index (χ0n) is 11.2. The number of aryl methyl sites for hydroxylation is 1. The van der Waals surface area contributed by atoms with Crippen LogP contribution in [0.1, 0.15) is 44.6 Å². The van der Waals surface area contributed by atoms with E-state index in [1.807, 2.05) is 6.92 Å². The van der Waals surface area contributed by atoms with E-state index in [0.717, 1.165) is 24.8 Å². The maximum absolute atomic E-state index is 11.8. The summed E-state index contributed by atoms with van der Waals surface area (Å²) in [5.41, 5.74) is 1.04. The first-order valence-electron chi connectivity index (χ1n) is 6.52. The molecule has 0 N–H and O–H groups in total. The highest BCUT2D eigenvalue weighted by atomic mass is 32.2. The minimum absolute atomic E-state index is 0.238. The van der Waals surface area contributed by atoms with Gasteiger partial charge in [-0.3, -0.25) is 4.18 Å². The van der Waals surface area contributed by atoms with Gasteiger partial charge >= 0.3 is 0 Å². The zero-order chi connectivity index (χ0) is 13.4. The predicted octanol–water partition coefficient (Wildman–Crippen LogP) is 3.67. The maximum Gasteiger partial charge on any atom is 0.296 e. The van der Waals surface area contributed by atoms with Gasteiger partial charge in [-0.25, -0.2) is 0 Å². The SMILES string of the molecule is CCCCCCCOS(=O)(=O)c1ccc(C)cc1. The Morgan fingerprint density at radius 1 is 1.00 bits per heavy atom. The van der Waals surface area contributed by atoms with E-state index in [-0.39, 0.29) is 11.5 Å². The normalized spacial score (nSPS) is 11.7. The number of hydrogen-bond donors (Lipinski definition) is 0. The van der Waals surface area contributed by atoms with Crippen molar-refractivity contribution in [2.24, 2.45) is 0 Å². The first-order chi connectivity index (χ1) is 8.56. The van der Waals surface area contributed by atoms with Gasteiger partial charge < -0.3 is 0 Å². The Labute approximate surface area is 110 Å². The third-order valence-electron chi connectivity index (χ3n) is 2.80. The van der Waals surface area contributed by atoms with Gasteiger partial charge in [0.2, 0.25) is 0 Å². The van der Waals surface area contributed by atoms with Gasteiger partial charge in [-0.05, 0) is 25.5 Å². The Morgan fingerprint density at radius 3 is 2.22 bits per heavy atom. The number of hydrogen-bond acceptors (Lipinski definition) is 3. The summed E-state index contributed by atoms with van der Waals surface area (Å²) in [6.07, 6.45) is 5.35. The van der Waals surface area contributed by atoms with Crippen molar-refractivity contribution in [2.75, 3.05) is 6.61 Å². The van der Waals surface area contributed by atoms with Gasteiger partial charge in [-0.1, -0.05) is 50.3 Å². The van der Waals surface area contributed by atoms with Crippen LogP contribution in [0.2, 0.25) is 0 Å². The lowest BCUT2D eigenvalue weighted by Gasteiger charge is -2.05. The lowest BCUT2D eigenvalue weighted by molar-refractivity contribution is 0.306. The molecule has 0 radical (unpaired) electrons. The molecule has 0 atom stereocenters. The summed E-state index contributed by atoms with van der Waals surface area (Å²) in [6.45, 7) is 4.35. The van der Waals surface area contributed by atoms with Gasteiger partial charge in [-0.2, -0.15) is 8.42 Å². The van der Waals surface area contributed by atoms with E-state index < -0.39 is 10.1 Å². The standard InChI is InChI=1S/C14H22O3S/c1-3-4-5-6-7-12-17-18(15,16)14-10-8-13(2)9-11-14/h8-11H,3-7,12H2,1-2H3. The summed E-state index contributed by atoms with van der Waals surface area (Å²) in [4.78, 5) is 0.238. The summed E-state index contributed by atoms with van der Waals surface area (Å²) in [6, 6.07) is 6.72. The van der Waals surface area contributed by atoms with Crippen LogP contribution in [-0.4, -0.2) is 15.0 Å². The van der Waals surface area contributed by atoms with E-state index in [1.165, 1.54) is 12.8 Å². The molecule has 102 valence electrons. The molecule has 0 amide bonds. The fourth-order valence-corrected chi connectivity index (χ4v) is 2.59. The second-order valence-electron chi connectivity index (χ2n) is 4.50. The van der Waals surface area contributed by atoms with Gasteiger partial charge in [0, 0.05) is 0 Å². The molecule has 4 heteroatoms. The van der Waals surface area contributed by atoms with Gasteiger partial charge in [0.15, 0.2) is 0 Å². The van der Waals surface area contributed by atoms with Crippen molar-refractivity contribution in [3.8, 4) is 0 Å². The smallest absolute Gasteiger partial charge is 0.266 e. The van der Waals surface area contributed by atoms with Gasteiger partial charge in [0.1, 0.15) is 0 Å². The van der Waals surface area contributed by atoms with E-state index in [1.54, 1.807) is 24.3 Å². The van der Waals surface area contributed by atoms with E-state index in [2.05, 4.69) is 6.92 Å². The molecule has 18 heavy (non-hydrogen) atoms. The summed E-state index contributed by atoms with van der Waals surface area (Å²) in [5, 5.41) is 0. The Balaban J connectivity index is 2.38. The lowest BCUT2D eigenvalue weighted by atomic mass is 10.2.